The first-order valence-corrected chi connectivity index (χ1v) is 13.9. The van der Waals surface area contributed by atoms with Crippen LogP contribution < -0.4 is 10.6 Å². The minimum absolute atomic E-state index is 0.0525. The van der Waals surface area contributed by atoms with E-state index in [0.29, 0.717) is 17.7 Å². The van der Waals surface area contributed by atoms with E-state index in [1.807, 2.05) is 32.0 Å². The van der Waals surface area contributed by atoms with E-state index in [4.69, 9.17) is 4.74 Å². The van der Waals surface area contributed by atoms with Crippen molar-refractivity contribution in [3.63, 3.8) is 0 Å². The predicted octanol–water partition coefficient (Wildman–Crippen LogP) is 5.37. The molecule has 2 aromatic carbocycles. The number of aryl methyl sites for hydroxylation is 2. The van der Waals surface area contributed by atoms with Crippen molar-refractivity contribution in [2.75, 3.05) is 18.5 Å². The largest absolute Gasteiger partial charge is 0.508 e. The number of alkyl carbamates (subject to hydrolysis) is 1. The summed E-state index contributed by atoms with van der Waals surface area (Å²) in [5.74, 6) is -1.16. The molecule has 40 heavy (non-hydrogen) atoms. The number of amides is 3. The minimum atomic E-state index is -1.33. The quantitative estimate of drug-likeness (QED) is 0.246. The van der Waals surface area contributed by atoms with Crippen molar-refractivity contribution in [2.24, 2.45) is 0 Å². The summed E-state index contributed by atoms with van der Waals surface area (Å²) < 4.78 is 5.29. The maximum atomic E-state index is 14.0. The summed E-state index contributed by atoms with van der Waals surface area (Å²) in [6.07, 6.45) is 3.69. The molecule has 2 atom stereocenters. The average Bonchev–Trinajstić information content (AvgIpc) is 2.87. The lowest BCUT2D eigenvalue weighted by Gasteiger charge is -2.34. The number of benzene rings is 2. The fourth-order valence-corrected chi connectivity index (χ4v) is 4.46. The fraction of sp³-hybridized carbons (Fsp3) is 0.516. The van der Waals surface area contributed by atoms with Gasteiger partial charge < -0.3 is 30.5 Å². The molecule has 0 radical (unpaired) electrons. The van der Waals surface area contributed by atoms with Crippen LogP contribution in [0.2, 0.25) is 0 Å². The molecule has 2 aromatic rings. The third kappa shape index (κ3) is 9.86. The number of rotatable bonds is 13. The normalized spacial score (nSPS) is 12.8. The number of hydrogen-bond donors (Lipinski definition) is 4. The lowest BCUT2D eigenvalue weighted by molar-refractivity contribution is -0.141. The first-order chi connectivity index (χ1) is 18.9. The van der Waals surface area contributed by atoms with Crippen LogP contribution in [0.25, 0.3) is 0 Å². The van der Waals surface area contributed by atoms with E-state index in [9.17, 15) is 24.6 Å². The Balaban J connectivity index is 2.50. The van der Waals surface area contributed by atoms with Crippen LogP contribution in [0.5, 0.6) is 5.75 Å². The summed E-state index contributed by atoms with van der Waals surface area (Å²) in [6.45, 7) is 10.5. The number of nitrogens with one attached hydrogen (secondary N) is 2. The van der Waals surface area contributed by atoms with Gasteiger partial charge in [-0.3, -0.25) is 9.59 Å². The van der Waals surface area contributed by atoms with Gasteiger partial charge in [0, 0.05) is 12.2 Å². The van der Waals surface area contributed by atoms with Crippen molar-refractivity contribution in [1.29, 1.82) is 0 Å². The minimum Gasteiger partial charge on any atom is -0.508 e. The van der Waals surface area contributed by atoms with Gasteiger partial charge in [0.25, 0.3) is 5.91 Å². The number of para-hydroxylation sites is 1. The molecule has 2 rings (SSSR count). The highest BCUT2D eigenvalue weighted by atomic mass is 16.6. The second kappa shape index (κ2) is 15.3. The highest BCUT2D eigenvalue weighted by Crippen LogP contribution is 2.29. The third-order valence-electron chi connectivity index (χ3n) is 6.43. The Morgan fingerprint density at radius 3 is 2.17 bits per heavy atom. The zero-order chi connectivity index (χ0) is 29.9. The van der Waals surface area contributed by atoms with Gasteiger partial charge in [0.15, 0.2) is 0 Å². The monoisotopic (exact) mass is 555 g/mol. The van der Waals surface area contributed by atoms with Crippen molar-refractivity contribution in [1.82, 2.24) is 10.2 Å². The zero-order valence-corrected chi connectivity index (χ0v) is 24.6. The smallest absolute Gasteiger partial charge is 0.408 e. The highest BCUT2D eigenvalue weighted by molar-refractivity contribution is 6.00. The maximum Gasteiger partial charge on any atom is 0.408 e. The molecule has 9 heteroatoms. The van der Waals surface area contributed by atoms with E-state index >= 15 is 0 Å². The molecule has 0 aromatic heterocycles. The van der Waals surface area contributed by atoms with Crippen LogP contribution in [0, 0.1) is 13.8 Å². The molecule has 3 amide bonds. The lowest BCUT2D eigenvalue weighted by Crippen LogP contribution is -2.54. The maximum absolute atomic E-state index is 14.0. The number of aromatic hydroxyl groups is 1. The van der Waals surface area contributed by atoms with Gasteiger partial charge in [-0.25, -0.2) is 4.79 Å². The number of ether oxygens (including phenoxy) is 1. The van der Waals surface area contributed by atoms with E-state index in [1.54, 1.807) is 32.9 Å². The first kappa shape index (κ1) is 32.6. The number of aliphatic hydroxyl groups excluding tert-OH is 1. The van der Waals surface area contributed by atoms with Crippen LogP contribution in [0.15, 0.2) is 42.5 Å². The molecule has 0 aliphatic heterocycles. The van der Waals surface area contributed by atoms with Gasteiger partial charge in [-0.15, -0.1) is 0 Å². The topological polar surface area (TPSA) is 128 Å². The lowest BCUT2D eigenvalue weighted by atomic mass is 10.0. The average molecular weight is 556 g/mol. The summed E-state index contributed by atoms with van der Waals surface area (Å²) in [5, 5.41) is 25.8. The van der Waals surface area contributed by atoms with Gasteiger partial charge in [0.05, 0.1) is 6.61 Å². The molecule has 4 N–H and O–H groups in total. The Bertz CT molecular complexity index is 1120. The van der Waals surface area contributed by atoms with Crippen LogP contribution in [-0.4, -0.2) is 57.8 Å². The molecule has 0 spiro atoms. The Kier molecular flexibility index (Phi) is 12.4. The molecule has 220 valence electrons. The Hall–Kier alpha value is -3.59. The Morgan fingerprint density at radius 2 is 1.60 bits per heavy atom. The van der Waals surface area contributed by atoms with Crippen LogP contribution in [-0.2, 0) is 14.3 Å². The van der Waals surface area contributed by atoms with Crippen LogP contribution in [0.3, 0.4) is 0 Å². The van der Waals surface area contributed by atoms with Crippen molar-refractivity contribution >= 4 is 23.6 Å². The Labute approximate surface area is 237 Å². The summed E-state index contributed by atoms with van der Waals surface area (Å²) >= 11 is 0. The standard InChI is InChI=1S/C31H45N3O6/c1-7-8-9-10-11-18-34(29(38)25(20-35)32-30(39)40-31(4,5)6)27(23-16-13-17-24(36)19-23)28(37)33-26-21(2)14-12-15-22(26)3/h12-17,19,25,27,35-36H,7-11,18,20H2,1-6H3,(H,32,39)(H,33,37). The molecule has 0 saturated carbocycles. The van der Waals surface area contributed by atoms with E-state index < -0.39 is 42.2 Å². The number of carbonyl (C=O) groups excluding carboxylic acids is 3. The second-order valence-corrected chi connectivity index (χ2v) is 11.1. The van der Waals surface area contributed by atoms with Crippen LogP contribution in [0.4, 0.5) is 10.5 Å². The summed E-state index contributed by atoms with van der Waals surface area (Å²) in [5.41, 5.74) is 1.96. The molecule has 0 bridgehead atoms. The number of phenols is 1. The number of phenolic OH excluding ortho intramolecular Hbond substituents is 1. The molecule has 0 aliphatic carbocycles. The van der Waals surface area contributed by atoms with Gasteiger partial charge in [-0.05, 0) is 69.9 Å². The highest BCUT2D eigenvalue weighted by Gasteiger charge is 2.36. The second-order valence-electron chi connectivity index (χ2n) is 11.1. The number of unbranched alkanes of at least 4 members (excludes halogenated alkanes) is 4. The van der Waals surface area contributed by atoms with E-state index in [2.05, 4.69) is 17.6 Å². The Morgan fingerprint density at radius 1 is 0.975 bits per heavy atom. The van der Waals surface area contributed by atoms with Crippen molar-refractivity contribution in [3.05, 3.63) is 59.2 Å². The molecule has 0 fully saturated rings. The molecular formula is C31H45N3O6. The molecule has 9 nitrogen and oxygen atoms in total. The zero-order valence-electron chi connectivity index (χ0n) is 24.6. The van der Waals surface area contributed by atoms with Gasteiger partial charge in [0.2, 0.25) is 5.91 Å². The summed E-state index contributed by atoms with van der Waals surface area (Å²) in [4.78, 5) is 41.8. The van der Waals surface area contributed by atoms with Gasteiger partial charge in [0.1, 0.15) is 23.4 Å². The molecular weight excluding hydrogens is 510 g/mol. The van der Waals surface area contributed by atoms with Crippen molar-refractivity contribution in [2.45, 2.75) is 91.3 Å². The number of anilines is 1. The van der Waals surface area contributed by atoms with Crippen molar-refractivity contribution in [3.8, 4) is 5.75 Å². The third-order valence-corrected chi connectivity index (χ3v) is 6.43. The number of carbonyl (C=O) groups is 3. The van der Waals surface area contributed by atoms with Gasteiger partial charge in [-0.1, -0.05) is 62.9 Å². The summed E-state index contributed by atoms with van der Waals surface area (Å²) in [7, 11) is 0. The van der Waals surface area contributed by atoms with E-state index in [-0.39, 0.29) is 12.3 Å². The van der Waals surface area contributed by atoms with Crippen molar-refractivity contribution < 1.29 is 29.3 Å². The fourth-order valence-electron chi connectivity index (χ4n) is 4.46. The SMILES string of the molecule is CCCCCCCN(C(=O)C(CO)NC(=O)OC(C)(C)C)C(C(=O)Nc1c(C)cccc1C)c1cccc(O)c1. The van der Waals surface area contributed by atoms with Crippen LogP contribution >= 0.6 is 0 Å². The number of aliphatic hydroxyl groups is 1. The predicted molar refractivity (Wildman–Crippen MR) is 156 cm³/mol. The van der Waals surface area contributed by atoms with Gasteiger partial charge in [-0.2, -0.15) is 0 Å². The summed E-state index contributed by atoms with van der Waals surface area (Å²) in [6, 6.07) is 9.40. The first-order valence-electron chi connectivity index (χ1n) is 13.9. The van der Waals surface area contributed by atoms with E-state index in [0.717, 1.165) is 36.8 Å². The molecule has 0 saturated heterocycles. The number of nitrogens with zero attached hydrogens (tertiary/aromatic N) is 1. The van der Waals surface area contributed by atoms with Crippen LogP contribution in [0.1, 0.15) is 82.5 Å². The number of hydrogen-bond acceptors (Lipinski definition) is 6. The molecule has 0 aliphatic rings. The van der Waals surface area contributed by atoms with Gasteiger partial charge >= 0.3 is 6.09 Å². The molecule has 2 unspecified atom stereocenters. The molecule has 0 heterocycles. The van der Waals surface area contributed by atoms with E-state index in [1.165, 1.54) is 17.0 Å².